The van der Waals surface area contributed by atoms with Crippen LogP contribution in [0.4, 0.5) is 24.7 Å². The smallest absolute Gasteiger partial charge is 0.194 e. The van der Waals surface area contributed by atoms with Gasteiger partial charge in [0.05, 0.1) is 0 Å². The molecule has 1 aromatic carbocycles. The van der Waals surface area contributed by atoms with Crippen LogP contribution < -0.4 is 5.32 Å². The Labute approximate surface area is 112 Å². The predicted octanol–water partition coefficient (Wildman–Crippen LogP) is 3.91. The van der Waals surface area contributed by atoms with Crippen molar-refractivity contribution in [3.8, 4) is 0 Å². The van der Waals surface area contributed by atoms with Gasteiger partial charge in [-0.05, 0) is 25.0 Å². The minimum Gasteiger partial charge on any atom is -0.338 e. The molecule has 19 heavy (non-hydrogen) atoms. The molecule has 0 spiro atoms. The number of benzene rings is 1. The van der Waals surface area contributed by atoms with Crippen LogP contribution in [0.5, 0.6) is 0 Å². The summed E-state index contributed by atoms with van der Waals surface area (Å²) in [7, 11) is 0. The van der Waals surface area contributed by atoms with Gasteiger partial charge in [-0.15, -0.1) is 10.2 Å². The topological polar surface area (TPSA) is 37.8 Å². The van der Waals surface area contributed by atoms with Crippen molar-refractivity contribution in [2.45, 2.75) is 13.8 Å². The van der Waals surface area contributed by atoms with Gasteiger partial charge in [0.2, 0.25) is 0 Å². The van der Waals surface area contributed by atoms with Crippen LogP contribution in [-0.2, 0) is 0 Å². The van der Waals surface area contributed by atoms with Gasteiger partial charge in [0.25, 0.3) is 0 Å². The molecule has 0 aliphatic heterocycles. The number of rotatable bonds is 2. The molecule has 0 unspecified atom stereocenters. The van der Waals surface area contributed by atoms with Gasteiger partial charge in [-0.1, -0.05) is 11.6 Å². The Kier molecular flexibility index (Phi) is 3.61. The molecule has 0 saturated carbocycles. The lowest BCUT2D eigenvalue weighted by atomic mass is 10.2. The first-order chi connectivity index (χ1) is 8.90. The first-order valence-electron chi connectivity index (χ1n) is 5.31. The quantitative estimate of drug-likeness (QED) is 0.851. The van der Waals surface area contributed by atoms with Crippen molar-refractivity contribution >= 4 is 23.1 Å². The number of halogens is 4. The lowest BCUT2D eigenvalue weighted by molar-refractivity contribution is 0.448. The van der Waals surface area contributed by atoms with Crippen molar-refractivity contribution in [2.75, 3.05) is 5.32 Å². The molecular weight excluding hydrogens is 279 g/mol. The Morgan fingerprint density at radius 3 is 2.16 bits per heavy atom. The molecule has 3 nitrogen and oxygen atoms in total. The van der Waals surface area contributed by atoms with E-state index in [-0.39, 0.29) is 10.8 Å². The fourth-order valence-electron chi connectivity index (χ4n) is 1.46. The van der Waals surface area contributed by atoms with Gasteiger partial charge in [0, 0.05) is 17.8 Å². The SMILES string of the molecule is Cc1c(Cl)nnc(Nc2cc(F)c(F)c(F)c2)c1C. The maximum atomic E-state index is 13.1. The molecule has 1 heterocycles. The van der Waals surface area contributed by atoms with Crippen LogP contribution in [-0.4, -0.2) is 10.2 Å². The molecule has 0 aliphatic rings. The van der Waals surface area contributed by atoms with E-state index in [4.69, 9.17) is 11.6 Å². The molecule has 0 amide bonds. The molecule has 0 saturated heterocycles. The molecule has 1 N–H and O–H groups in total. The van der Waals surface area contributed by atoms with Crippen LogP contribution >= 0.6 is 11.6 Å². The maximum Gasteiger partial charge on any atom is 0.194 e. The average Bonchev–Trinajstić information content (AvgIpc) is 2.36. The van der Waals surface area contributed by atoms with E-state index in [2.05, 4.69) is 15.5 Å². The molecule has 0 radical (unpaired) electrons. The van der Waals surface area contributed by atoms with E-state index in [1.165, 1.54) is 0 Å². The van der Waals surface area contributed by atoms with E-state index < -0.39 is 17.5 Å². The van der Waals surface area contributed by atoms with Crippen LogP contribution in [0.1, 0.15) is 11.1 Å². The molecule has 0 atom stereocenters. The summed E-state index contributed by atoms with van der Waals surface area (Å²) >= 11 is 5.79. The monoisotopic (exact) mass is 287 g/mol. The molecule has 0 aliphatic carbocycles. The second-order valence-electron chi connectivity index (χ2n) is 3.97. The Morgan fingerprint density at radius 2 is 1.58 bits per heavy atom. The zero-order valence-corrected chi connectivity index (χ0v) is 10.8. The van der Waals surface area contributed by atoms with Gasteiger partial charge in [-0.2, -0.15) is 0 Å². The summed E-state index contributed by atoms with van der Waals surface area (Å²) in [5, 5.41) is 10.4. The predicted molar refractivity (Wildman–Crippen MR) is 66.1 cm³/mol. The van der Waals surface area contributed by atoms with E-state index in [0.29, 0.717) is 16.9 Å². The van der Waals surface area contributed by atoms with Crippen LogP contribution in [0, 0.1) is 31.3 Å². The minimum absolute atomic E-state index is 0.0375. The third kappa shape index (κ3) is 2.63. The Morgan fingerprint density at radius 1 is 1.00 bits per heavy atom. The minimum atomic E-state index is -1.51. The van der Waals surface area contributed by atoms with Gasteiger partial charge < -0.3 is 5.32 Å². The van der Waals surface area contributed by atoms with Crippen LogP contribution in [0.2, 0.25) is 5.15 Å². The molecule has 100 valence electrons. The molecule has 1 aromatic heterocycles. The number of hydrogen-bond acceptors (Lipinski definition) is 3. The molecule has 2 rings (SSSR count). The molecule has 2 aromatic rings. The first kappa shape index (κ1) is 13.6. The van der Waals surface area contributed by atoms with Gasteiger partial charge in [0.1, 0.15) is 0 Å². The summed E-state index contributed by atoms with van der Waals surface area (Å²) in [6, 6.07) is 1.67. The van der Waals surface area contributed by atoms with Gasteiger partial charge in [-0.25, -0.2) is 13.2 Å². The molecule has 0 bridgehead atoms. The van der Waals surface area contributed by atoms with Crippen LogP contribution in [0.3, 0.4) is 0 Å². The van der Waals surface area contributed by atoms with E-state index in [9.17, 15) is 13.2 Å². The number of aromatic nitrogens is 2. The Bertz CT molecular complexity index is 623. The zero-order chi connectivity index (χ0) is 14.2. The fourth-order valence-corrected chi connectivity index (χ4v) is 1.64. The second-order valence-corrected chi connectivity index (χ2v) is 4.33. The van der Waals surface area contributed by atoms with Crippen molar-refractivity contribution in [2.24, 2.45) is 0 Å². The van der Waals surface area contributed by atoms with E-state index >= 15 is 0 Å². The van der Waals surface area contributed by atoms with Gasteiger partial charge in [-0.3, -0.25) is 0 Å². The first-order valence-corrected chi connectivity index (χ1v) is 5.69. The third-order valence-electron chi connectivity index (χ3n) is 2.71. The summed E-state index contributed by atoms with van der Waals surface area (Å²) in [5.74, 6) is -3.77. The lowest BCUT2D eigenvalue weighted by Gasteiger charge is -2.10. The highest BCUT2D eigenvalue weighted by Gasteiger charge is 2.13. The number of nitrogens with zero attached hydrogens (tertiary/aromatic N) is 2. The zero-order valence-electron chi connectivity index (χ0n) is 10.1. The van der Waals surface area contributed by atoms with E-state index in [0.717, 1.165) is 12.1 Å². The van der Waals surface area contributed by atoms with Gasteiger partial charge >= 0.3 is 0 Å². The largest absolute Gasteiger partial charge is 0.338 e. The van der Waals surface area contributed by atoms with Gasteiger partial charge in [0.15, 0.2) is 28.4 Å². The molecular formula is C12H9ClF3N3. The number of nitrogens with one attached hydrogen (secondary N) is 1. The van der Waals surface area contributed by atoms with Crippen LogP contribution in [0.25, 0.3) is 0 Å². The highest BCUT2D eigenvalue weighted by molar-refractivity contribution is 6.30. The highest BCUT2D eigenvalue weighted by Crippen LogP contribution is 2.25. The van der Waals surface area contributed by atoms with Crippen molar-refractivity contribution in [3.05, 3.63) is 45.9 Å². The standard InChI is InChI=1S/C12H9ClF3N3/c1-5-6(2)12(19-18-11(5)13)17-7-3-8(14)10(16)9(15)4-7/h3-4H,1-2H3,(H,17,19). The number of hydrogen-bond donors (Lipinski definition) is 1. The summed E-state index contributed by atoms with van der Waals surface area (Å²) in [6.45, 7) is 3.47. The summed E-state index contributed by atoms with van der Waals surface area (Å²) in [4.78, 5) is 0. The Hall–Kier alpha value is -1.82. The molecule has 0 fully saturated rings. The normalized spacial score (nSPS) is 10.6. The van der Waals surface area contributed by atoms with Crippen molar-refractivity contribution in [1.29, 1.82) is 0 Å². The number of anilines is 2. The summed E-state index contributed by atoms with van der Waals surface area (Å²) in [5.41, 5.74) is 1.42. The van der Waals surface area contributed by atoms with Crippen molar-refractivity contribution < 1.29 is 13.2 Å². The Balaban J connectivity index is 2.39. The lowest BCUT2D eigenvalue weighted by Crippen LogP contribution is -2.03. The average molecular weight is 288 g/mol. The van der Waals surface area contributed by atoms with Crippen LogP contribution in [0.15, 0.2) is 12.1 Å². The highest BCUT2D eigenvalue weighted by atomic mass is 35.5. The summed E-state index contributed by atoms with van der Waals surface area (Å²) in [6.07, 6.45) is 0. The molecule has 7 heteroatoms. The van der Waals surface area contributed by atoms with E-state index in [1.807, 2.05) is 0 Å². The summed E-state index contributed by atoms with van der Waals surface area (Å²) < 4.78 is 39.0. The van der Waals surface area contributed by atoms with Crippen molar-refractivity contribution in [1.82, 2.24) is 10.2 Å². The van der Waals surface area contributed by atoms with E-state index in [1.54, 1.807) is 13.8 Å². The fraction of sp³-hybridized carbons (Fsp3) is 0.167. The second kappa shape index (κ2) is 5.05. The maximum absolute atomic E-state index is 13.1. The van der Waals surface area contributed by atoms with Crippen molar-refractivity contribution in [3.63, 3.8) is 0 Å². The third-order valence-corrected chi connectivity index (χ3v) is 3.07.